The molecule has 16 heavy (non-hydrogen) atoms. The molecule has 1 aromatic carbocycles. The first-order valence-corrected chi connectivity index (χ1v) is 6.40. The normalized spacial score (nSPS) is 9.56. The van der Waals surface area contributed by atoms with Crippen molar-refractivity contribution in [1.82, 2.24) is 5.32 Å². The molecule has 1 aromatic rings. The van der Waals surface area contributed by atoms with Gasteiger partial charge in [0.15, 0.2) is 0 Å². The Morgan fingerprint density at radius 1 is 1.44 bits per heavy atom. The predicted octanol–water partition coefficient (Wildman–Crippen LogP) is 3.35. The van der Waals surface area contributed by atoms with Crippen molar-refractivity contribution in [3.8, 4) is 12.3 Å². The Morgan fingerprint density at radius 3 is 2.88 bits per heavy atom. The van der Waals surface area contributed by atoms with Crippen LogP contribution in [0.15, 0.2) is 27.1 Å². The third kappa shape index (κ3) is 3.99. The number of rotatable bonds is 4. The molecule has 0 aliphatic rings. The number of benzene rings is 1. The smallest absolute Gasteiger partial charge is 0.252 e. The lowest BCUT2D eigenvalue weighted by Crippen LogP contribution is -2.24. The summed E-state index contributed by atoms with van der Waals surface area (Å²) < 4.78 is 1.66. The maximum Gasteiger partial charge on any atom is 0.252 e. The zero-order valence-electron chi connectivity index (χ0n) is 8.59. The second-order valence-corrected chi connectivity index (χ2v) is 4.96. The lowest BCUT2D eigenvalue weighted by atomic mass is 10.2. The fourth-order valence-corrected chi connectivity index (χ4v) is 1.95. The Balaban J connectivity index is 2.59. The van der Waals surface area contributed by atoms with Gasteiger partial charge in [0, 0.05) is 21.9 Å². The van der Waals surface area contributed by atoms with Crippen molar-refractivity contribution >= 4 is 37.8 Å². The van der Waals surface area contributed by atoms with Gasteiger partial charge in [-0.2, -0.15) is 0 Å². The SMILES string of the molecule is C#CCCCNC(=O)c1cc(Br)ccc1Br. The number of nitrogens with one attached hydrogen (secondary N) is 1. The molecule has 0 unspecified atom stereocenters. The molecule has 0 radical (unpaired) electrons. The molecule has 0 fully saturated rings. The number of unbranched alkanes of at least 4 members (excludes halogenated alkanes) is 1. The average molecular weight is 345 g/mol. The van der Waals surface area contributed by atoms with E-state index in [9.17, 15) is 4.79 Å². The van der Waals surface area contributed by atoms with Gasteiger partial charge in [0.1, 0.15) is 0 Å². The van der Waals surface area contributed by atoms with Gasteiger partial charge in [-0.05, 0) is 40.5 Å². The molecule has 0 atom stereocenters. The first-order valence-electron chi connectivity index (χ1n) is 4.82. The summed E-state index contributed by atoms with van der Waals surface area (Å²) in [7, 11) is 0. The van der Waals surface area contributed by atoms with Crippen molar-refractivity contribution in [1.29, 1.82) is 0 Å². The van der Waals surface area contributed by atoms with Crippen molar-refractivity contribution < 1.29 is 4.79 Å². The number of carbonyl (C=O) groups is 1. The summed E-state index contributed by atoms with van der Waals surface area (Å²) >= 11 is 6.67. The zero-order valence-corrected chi connectivity index (χ0v) is 11.8. The second kappa shape index (κ2) is 6.72. The van der Waals surface area contributed by atoms with Crippen LogP contribution in [0.3, 0.4) is 0 Å². The van der Waals surface area contributed by atoms with Crippen molar-refractivity contribution in [3.63, 3.8) is 0 Å². The van der Waals surface area contributed by atoms with Crippen LogP contribution in [0.1, 0.15) is 23.2 Å². The van der Waals surface area contributed by atoms with Crippen molar-refractivity contribution in [2.45, 2.75) is 12.8 Å². The van der Waals surface area contributed by atoms with Crippen LogP contribution >= 0.6 is 31.9 Å². The summed E-state index contributed by atoms with van der Waals surface area (Å²) in [6.07, 6.45) is 6.60. The van der Waals surface area contributed by atoms with Gasteiger partial charge in [0.05, 0.1) is 5.56 Å². The van der Waals surface area contributed by atoms with E-state index in [4.69, 9.17) is 6.42 Å². The molecule has 4 heteroatoms. The number of halogens is 2. The topological polar surface area (TPSA) is 29.1 Å². The van der Waals surface area contributed by atoms with E-state index in [1.54, 1.807) is 6.07 Å². The molecule has 0 bridgehead atoms. The number of amides is 1. The van der Waals surface area contributed by atoms with Crippen LogP contribution < -0.4 is 5.32 Å². The Bertz CT molecular complexity index is 424. The molecule has 1 N–H and O–H groups in total. The maximum atomic E-state index is 11.8. The second-order valence-electron chi connectivity index (χ2n) is 3.19. The minimum Gasteiger partial charge on any atom is -0.352 e. The van der Waals surface area contributed by atoms with Crippen LogP contribution in [0, 0.1) is 12.3 Å². The van der Waals surface area contributed by atoms with E-state index in [1.165, 1.54) is 0 Å². The Labute approximate surface area is 112 Å². The summed E-state index contributed by atoms with van der Waals surface area (Å²) in [5, 5.41) is 2.82. The fraction of sp³-hybridized carbons (Fsp3) is 0.250. The fourth-order valence-electron chi connectivity index (χ4n) is 1.16. The average Bonchev–Trinajstić information content (AvgIpc) is 2.27. The van der Waals surface area contributed by atoms with Gasteiger partial charge >= 0.3 is 0 Å². The quantitative estimate of drug-likeness (QED) is 0.658. The summed E-state index contributed by atoms with van der Waals surface area (Å²) in [6.45, 7) is 0.599. The van der Waals surface area contributed by atoms with Crippen LogP contribution in [0.5, 0.6) is 0 Å². The van der Waals surface area contributed by atoms with E-state index in [1.807, 2.05) is 12.1 Å². The molecule has 1 amide bonds. The van der Waals surface area contributed by atoms with E-state index >= 15 is 0 Å². The van der Waals surface area contributed by atoms with E-state index in [-0.39, 0.29) is 5.91 Å². The minimum atomic E-state index is -0.0924. The zero-order chi connectivity index (χ0) is 12.0. The molecule has 0 aliphatic carbocycles. The molecular weight excluding hydrogens is 334 g/mol. The molecule has 0 heterocycles. The number of carbonyl (C=O) groups excluding carboxylic acids is 1. The molecule has 0 saturated carbocycles. The van der Waals surface area contributed by atoms with Gasteiger partial charge < -0.3 is 5.32 Å². The molecule has 0 aliphatic heterocycles. The van der Waals surface area contributed by atoms with Gasteiger partial charge in [0.2, 0.25) is 0 Å². The third-order valence-corrected chi connectivity index (χ3v) is 3.14. The van der Waals surface area contributed by atoms with Gasteiger partial charge in [0.25, 0.3) is 5.91 Å². The number of hydrogen-bond acceptors (Lipinski definition) is 1. The van der Waals surface area contributed by atoms with Crippen molar-refractivity contribution in [2.75, 3.05) is 6.54 Å². The Morgan fingerprint density at radius 2 is 2.19 bits per heavy atom. The highest BCUT2D eigenvalue weighted by Crippen LogP contribution is 2.21. The van der Waals surface area contributed by atoms with Gasteiger partial charge in [-0.1, -0.05) is 15.9 Å². The van der Waals surface area contributed by atoms with Crippen LogP contribution in [0.4, 0.5) is 0 Å². The van der Waals surface area contributed by atoms with Gasteiger partial charge in [-0.3, -0.25) is 4.79 Å². The summed E-state index contributed by atoms with van der Waals surface area (Å²) in [6, 6.07) is 5.49. The standard InChI is InChI=1S/C12H11Br2NO/c1-2-3-4-7-15-12(16)10-8-9(13)5-6-11(10)14/h1,5-6,8H,3-4,7H2,(H,15,16). The maximum absolute atomic E-state index is 11.8. The highest BCUT2D eigenvalue weighted by molar-refractivity contribution is 9.11. The molecule has 0 spiro atoms. The highest BCUT2D eigenvalue weighted by Gasteiger charge is 2.09. The number of terminal acetylenes is 1. The molecule has 84 valence electrons. The first kappa shape index (κ1) is 13.3. The predicted molar refractivity (Wildman–Crippen MR) is 72.2 cm³/mol. The molecular formula is C12H11Br2NO. The molecule has 2 nitrogen and oxygen atoms in total. The summed E-state index contributed by atoms with van der Waals surface area (Å²) in [5.41, 5.74) is 0.620. The van der Waals surface area contributed by atoms with Crippen LogP contribution in [-0.4, -0.2) is 12.5 Å². The van der Waals surface area contributed by atoms with E-state index < -0.39 is 0 Å². The van der Waals surface area contributed by atoms with E-state index in [0.717, 1.165) is 15.4 Å². The monoisotopic (exact) mass is 343 g/mol. The van der Waals surface area contributed by atoms with Crippen LogP contribution in [-0.2, 0) is 0 Å². The Kier molecular flexibility index (Phi) is 5.58. The van der Waals surface area contributed by atoms with Gasteiger partial charge in [-0.15, -0.1) is 12.3 Å². The Hall–Kier alpha value is -0.790. The molecule has 0 saturated heterocycles. The van der Waals surface area contributed by atoms with Gasteiger partial charge in [-0.25, -0.2) is 0 Å². The van der Waals surface area contributed by atoms with Crippen LogP contribution in [0.25, 0.3) is 0 Å². The summed E-state index contributed by atoms with van der Waals surface area (Å²) in [5.74, 6) is 2.44. The molecule has 1 rings (SSSR count). The third-order valence-electron chi connectivity index (χ3n) is 1.96. The lowest BCUT2D eigenvalue weighted by molar-refractivity contribution is 0.0952. The molecule has 0 aromatic heterocycles. The minimum absolute atomic E-state index is 0.0924. The largest absolute Gasteiger partial charge is 0.352 e. The van der Waals surface area contributed by atoms with Crippen molar-refractivity contribution in [2.24, 2.45) is 0 Å². The first-order chi connectivity index (χ1) is 7.65. The lowest BCUT2D eigenvalue weighted by Gasteiger charge is -2.06. The van der Waals surface area contributed by atoms with Crippen molar-refractivity contribution in [3.05, 3.63) is 32.7 Å². The van der Waals surface area contributed by atoms with Crippen LogP contribution in [0.2, 0.25) is 0 Å². The van der Waals surface area contributed by atoms with E-state index in [0.29, 0.717) is 18.5 Å². The summed E-state index contributed by atoms with van der Waals surface area (Å²) in [4.78, 5) is 11.8. The highest BCUT2D eigenvalue weighted by atomic mass is 79.9. The van der Waals surface area contributed by atoms with E-state index in [2.05, 4.69) is 43.1 Å². The number of hydrogen-bond donors (Lipinski definition) is 1.